The second-order valence-corrected chi connectivity index (χ2v) is 11.5. The Labute approximate surface area is 253 Å². The first kappa shape index (κ1) is 30.3. The molecular weight excluding hydrogens is 571 g/mol. The van der Waals surface area contributed by atoms with Gasteiger partial charge in [0.05, 0.1) is 34.7 Å². The van der Waals surface area contributed by atoms with Gasteiger partial charge in [-0.2, -0.15) is 0 Å². The molecule has 226 valence electrons. The Hall–Kier alpha value is -4.13. The van der Waals surface area contributed by atoms with E-state index in [1.807, 2.05) is 44.2 Å². The molecule has 0 aliphatic carbocycles. The zero-order valence-electron chi connectivity index (χ0n) is 24.4. The minimum Gasteiger partial charge on any atom is -0.450 e. The van der Waals surface area contributed by atoms with Crippen LogP contribution in [0.25, 0.3) is 22.3 Å². The first-order valence-electron chi connectivity index (χ1n) is 14.2. The molecule has 0 bridgehead atoms. The van der Waals surface area contributed by atoms with Gasteiger partial charge in [-0.15, -0.1) is 0 Å². The molecule has 10 nitrogen and oxygen atoms in total. The molecule has 0 saturated carbocycles. The Bertz CT molecular complexity index is 1740. The van der Waals surface area contributed by atoms with Gasteiger partial charge in [-0.3, -0.25) is 9.69 Å². The van der Waals surface area contributed by atoms with Crippen molar-refractivity contribution in [1.82, 2.24) is 18.8 Å². The topological polar surface area (TPSA) is 140 Å². The summed E-state index contributed by atoms with van der Waals surface area (Å²) in [4.78, 5) is 32.6. The number of aromatic nitrogens is 2. The van der Waals surface area contributed by atoms with Crippen LogP contribution in [0.3, 0.4) is 0 Å². The van der Waals surface area contributed by atoms with Crippen LogP contribution in [0.15, 0.2) is 52.2 Å². The largest absolute Gasteiger partial charge is 0.506 e. The van der Waals surface area contributed by atoms with Crippen LogP contribution in [-0.2, 0) is 24.4 Å². The van der Waals surface area contributed by atoms with E-state index in [0.29, 0.717) is 29.0 Å². The van der Waals surface area contributed by atoms with Crippen LogP contribution < -0.4 is 17.0 Å². The summed E-state index contributed by atoms with van der Waals surface area (Å²) in [6.07, 6.45) is -1.45. The van der Waals surface area contributed by atoms with Crippen molar-refractivity contribution in [3.05, 3.63) is 80.9 Å². The van der Waals surface area contributed by atoms with E-state index in [-0.39, 0.29) is 30.0 Å². The van der Waals surface area contributed by atoms with E-state index in [1.165, 1.54) is 6.07 Å². The number of ether oxygens (including phenoxy) is 1. The number of piperazine rings is 1. The van der Waals surface area contributed by atoms with Gasteiger partial charge < -0.3 is 25.9 Å². The number of nitrogen functional groups attached to an aromatic ring is 2. The summed E-state index contributed by atoms with van der Waals surface area (Å²) < 4.78 is 23.2. The van der Waals surface area contributed by atoms with Crippen LogP contribution in [-0.4, -0.2) is 56.2 Å². The van der Waals surface area contributed by atoms with Crippen molar-refractivity contribution in [2.24, 2.45) is 0 Å². The minimum absolute atomic E-state index is 0.0434. The van der Waals surface area contributed by atoms with Gasteiger partial charge in [-0.1, -0.05) is 13.8 Å². The van der Waals surface area contributed by atoms with Crippen LogP contribution in [0.2, 0.25) is 0 Å². The number of benzene rings is 2. The zero-order chi connectivity index (χ0) is 30.8. The number of hydrogen-bond donors (Lipinski definition) is 3. The summed E-state index contributed by atoms with van der Waals surface area (Å²) in [6.45, 7) is 9.60. The molecule has 2 aromatic carbocycles. The number of nitrogens with zero attached hydrogens (tertiary/aromatic N) is 4. The molecule has 1 saturated heterocycles. The number of carboxylic acid groups (broad SMARTS) is 1. The van der Waals surface area contributed by atoms with E-state index < -0.39 is 12.0 Å². The highest BCUT2D eigenvalue weighted by Gasteiger charge is 2.29. The Morgan fingerprint density at radius 3 is 2.44 bits per heavy atom. The van der Waals surface area contributed by atoms with Gasteiger partial charge in [0, 0.05) is 60.3 Å². The summed E-state index contributed by atoms with van der Waals surface area (Å²) in [6, 6.07) is 12.6. The second kappa shape index (κ2) is 12.6. The lowest BCUT2D eigenvalue weighted by Gasteiger charge is -2.34. The van der Waals surface area contributed by atoms with Crippen LogP contribution >= 0.6 is 11.9 Å². The molecular formula is C31H35FN6O4S. The predicted octanol–water partition coefficient (Wildman–Crippen LogP) is 5.08. The van der Waals surface area contributed by atoms with Crippen LogP contribution in [0.4, 0.5) is 20.6 Å². The molecule has 1 fully saturated rings. The van der Waals surface area contributed by atoms with E-state index in [9.17, 15) is 14.0 Å². The molecule has 0 spiro atoms. The lowest BCUT2D eigenvalue weighted by molar-refractivity contribution is 0.0848. The third-order valence-corrected chi connectivity index (χ3v) is 8.78. The molecule has 0 unspecified atom stereocenters. The second-order valence-electron chi connectivity index (χ2n) is 10.3. The Kier molecular flexibility index (Phi) is 8.90. The summed E-state index contributed by atoms with van der Waals surface area (Å²) in [5, 5.41) is 9.70. The normalized spacial score (nSPS) is 14.6. The van der Waals surface area contributed by atoms with Gasteiger partial charge in [0.2, 0.25) is 0 Å². The number of anilines is 2. The molecule has 4 heterocycles. The molecule has 2 aromatic heterocycles. The lowest BCUT2D eigenvalue weighted by Crippen LogP contribution is -2.43. The fraction of sp³-hybridized carbons (Fsp3) is 0.323. The maximum Gasteiger partial charge on any atom is 0.506 e. The lowest BCUT2D eigenvalue weighted by atomic mass is 9.99. The highest BCUT2D eigenvalue weighted by Crippen LogP contribution is 2.38. The van der Waals surface area contributed by atoms with E-state index in [4.69, 9.17) is 26.3 Å². The summed E-state index contributed by atoms with van der Waals surface area (Å²) in [7, 11) is 0. The van der Waals surface area contributed by atoms with Gasteiger partial charge in [0.1, 0.15) is 12.4 Å². The molecule has 4 aromatic rings. The molecule has 2 aliphatic heterocycles. The zero-order valence-corrected chi connectivity index (χ0v) is 25.2. The van der Waals surface area contributed by atoms with Crippen molar-refractivity contribution in [1.29, 1.82) is 0 Å². The summed E-state index contributed by atoms with van der Waals surface area (Å²) >= 11 is 1.71. The van der Waals surface area contributed by atoms with E-state index in [0.717, 1.165) is 53.3 Å². The number of fused-ring (bicyclic) bond motifs is 4. The molecule has 12 heteroatoms. The van der Waals surface area contributed by atoms with E-state index in [2.05, 4.69) is 9.21 Å². The van der Waals surface area contributed by atoms with Crippen molar-refractivity contribution in [3.8, 4) is 11.4 Å². The van der Waals surface area contributed by atoms with Gasteiger partial charge in [-0.25, -0.2) is 18.5 Å². The number of halogens is 1. The molecule has 0 radical (unpaired) electrons. The van der Waals surface area contributed by atoms with Crippen molar-refractivity contribution in [3.63, 3.8) is 0 Å². The number of pyridine rings is 2. The van der Waals surface area contributed by atoms with E-state index in [1.54, 1.807) is 29.5 Å². The predicted molar refractivity (Wildman–Crippen MR) is 167 cm³/mol. The maximum atomic E-state index is 14.6. The fourth-order valence-electron chi connectivity index (χ4n) is 5.48. The maximum absolute atomic E-state index is 14.6. The third-order valence-electron chi connectivity index (χ3n) is 7.67. The number of hydrogen-bond acceptors (Lipinski definition) is 9. The molecule has 43 heavy (non-hydrogen) atoms. The smallest absolute Gasteiger partial charge is 0.450 e. The van der Waals surface area contributed by atoms with Gasteiger partial charge in [0.25, 0.3) is 5.56 Å². The Morgan fingerprint density at radius 1 is 1.07 bits per heavy atom. The quantitative estimate of drug-likeness (QED) is 0.136. The summed E-state index contributed by atoms with van der Waals surface area (Å²) in [5.74, 6) is -0.544. The monoisotopic (exact) mass is 606 g/mol. The van der Waals surface area contributed by atoms with Crippen molar-refractivity contribution in [2.45, 2.75) is 45.4 Å². The average Bonchev–Trinajstić information content (AvgIpc) is 3.35. The van der Waals surface area contributed by atoms with Gasteiger partial charge >= 0.3 is 6.16 Å². The highest BCUT2D eigenvalue weighted by molar-refractivity contribution is 7.97. The van der Waals surface area contributed by atoms with Crippen molar-refractivity contribution >= 4 is 40.4 Å². The number of rotatable bonds is 6. The van der Waals surface area contributed by atoms with E-state index >= 15 is 0 Å². The van der Waals surface area contributed by atoms with Crippen LogP contribution in [0.5, 0.6) is 0 Å². The average molecular weight is 607 g/mol. The summed E-state index contributed by atoms with van der Waals surface area (Å²) in [5.41, 5.74) is 16.7. The molecule has 0 amide bonds. The highest BCUT2D eigenvalue weighted by atomic mass is 32.2. The van der Waals surface area contributed by atoms with Crippen molar-refractivity contribution < 1.29 is 19.0 Å². The fourth-order valence-corrected chi connectivity index (χ4v) is 6.38. The number of aryl methyl sites for hydroxylation is 1. The Morgan fingerprint density at radius 2 is 1.77 bits per heavy atom. The van der Waals surface area contributed by atoms with Gasteiger partial charge in [0.15, 0.2) is 0 Å². The standard InChI is InChI=1S/C29H29FN6O4S.C2H6/c1-16-10-26-27-21(14-36(26)28(37)22(16)15-40-29(38)39)20(19-11-24(32)23(30)12-25(19)33-27)13-34-6-8-35(9-7-34)41-18-4-2-17(31)3-5-18;1-2/h2-5,10-12H,6-9,13-15,31-32H2,1H3,(H,38,39);1-2H3. The molecule has 6 rings (SSSR count). The first-order valence-corrected chi connectivity index (χ1v) is 15.0. The number of carbonyl (C=O) groups is 1. The number of nitrogens with two attached hydrogens (primary N) is 2. The van der Waals surface area contributed by atoms with Crippen LogP contribution in [0, 0.1) is 12.7 Å². The van der Waals surface area contributed by atoms with Crippen molar-refractivity contribution in [2.75, 3.05) is 37.6 Å². The SMILES string of the molecule is CC.Cc1cc2n(c(=O)c1COC(=O)O)Cc1c-2nc2cc(F)c(N)cc2c1CN1CCN(Sc2ccc(N)cc2)CC1. The minimum atomic E-state index is -1.45. The van der Waals surface area contributed by atoms with Crippen LogP contribution in [0.1, 0.15) is 36.1 Å². The van der Waals surface area contributed by atoms with Gasteiger partial charge in [-0.05, 0) is 66.4 Å². The Balaban J connectivity index is 0.00000180. The third kappa shape index (κ3) is 6.17. The first-order chi connectivity index (χ1) is 20.7. The molecule has 2 aliphatic rings. The molecule has 0 atom stereocenters. The molecule has 5 N–H and O–H groups in total.